The van der Waals surface area contributed by atoms with E-state index in [-0.39, 0.29) is 18.1 Å². The molecule has 0 aromatic rings. The van der Waals surface area contributed by atoms with Gasteiger partial charge in [-0.15, -0.1) is 6.58 Å². The molecule has 1 N–H and O–H groups in total. The van der Waals surface area contributed by atoms with Gasteiger partial charge >= 0.3 is 6.03 Å². The van der Waals surface area contributed by atoms with Gasteiger partial charge in [0, 0.05) is 12.6 Å². The van der Waals surface area contributed by atoms with E-state index in [1.54, 1.807) is 11.0 Å². The highest BCUT2D eigenvalue weighted by atomic mass is 16.7. The predicted octanol–water partition coefficient (Wildman–Crippen LogP) is 0.753. The van der Waals surface area contributed by atoms with Crippen molar-refractivity contribution < 1.29 is 14.7 Å². The van der Waals surface area contributed by atoms with Crippen LogP contribution >= 0.6 is 0 Å². The number of carbonyl (C=O) groups excluding carboxylic acids is 1. The first-order chi connectivity index (χ1) is 7.69. The molecule has 0 aromatic heterocycles. The number of hydroxylamine groups is 2. The summed E-state index contributed by atoms with van der Waals surface area (Å²) < 4.78 is 0. The Labute approximate surface area is 95.2 Å². The molecule has 0 aliphatic carbocycles. The minimum Gasteiger partial charge on any atom is -0.391 e. The number of urea groups is 1. The van der Waals surface area contributed by atoms with E-state index in [1.807, 2.05) is 6.92 Å². The molecule has 2 aliphatic rings. The zero-order chi connectivity index (χ0) is 11.7. The summed E-state index contributed by atoms with van der Waals surface area (Å²) in [6.07, 6.45) is 2.61. The van der Waals surface area contributed by atoms with E-state index in [0.29, 0.717) is 19.6 Å². The van der Waals surface area contributed by atoms with E-state index < -0.39 is 6.10 Å². The lowest BCUT2D eigenvalue weighted by molar-refractivity contribution is -0.140. The zero-order valence-electron chi connectivity index (χ0n) is 9.50. The van der Waals surface area contributed by atoms with Gasteiger partial charge in [0.05, 0.1) is 12.7 Å². The number of fused-ring (bicyclic) bond motifs is 2. The minimum absolute atomic E-state index is 0.129. The molecule has 90 valence electrons. The Bertz CT molecular complexity index is 295. The van der Waals surface area contributed by atoms with Gasteiger partial charge in [-0.2, -0.15) is 5.06 Å². The monoisotopic (exact) mass is 226 g/mol. The summed E-state index contributed by atoms with van der Waals surface area (Å²) in [5.41, 5.74) is 0. The largest absolute Gasteiger partial charge is 0.391 e. The number of rotatable bonds is 4. The summed E-state index contributed by atoms with van der Waals surface area (Å²) in [5, 5.41) is 11.3. The van der Waals surface area contributed by atoms with E-state index in [1.165, 1.54) is 5.06 Å². The molecular formula is C11H18N2O3. The lowest BCUT2D eigenvalue weighted by atomic mass is 9.96. The van der Waals surface area contributed by atoms with E-state index in [9.17, 15) is 9.90 Å². The maximum Gasteiger partial charge on any atom is 0.344 e. The smallest absolute Gasteiger partial charge is 0.344 e. The van der Waals surface area contributed by atoms with Gasteiger partial charge in [-0.25, -0.2) is 4.79 Å². The average molecular weight is 226 g/mol. The van der Waals surface area contributed by atoms with Crippen LogP contribution in [-0.2, 0) is 4.84 Å². The highest BCUT2D eigenvalue weighted by Crippen LogP contribution is 2.31. The predicted molar refractivity (Wildman–Crippen MR) is 58.6 cm³/mol. The number of aliphatic hydroxyl groups is 1. The summed E-state index contributed by atoms with van der Waals surface area (Å²) >= 11 is 0. The summed E-state index contributed by atoms with van der Waals surface area (Å²) in [5.74, 6) is 0. The van der Waals surface area contributed by atoms with E-state index in [0.717, 1.165) is 6.42 Å². The van der Waals surface area contributed by atoms with Gasteiger partial charge in [0.1, 0.15) is 6.04 Å². The van der Waals surface area contributed by atoms with Gasteiger partial charge in [0.25, 0.3) is 0 Å². The van der Waals surface area contributed by atoms with Gasteiger partial charge in [0.2, 0.25) is 0 Å². The third-order valence-corrected chi connectivity index (χ3v) is 3.32. The molecular weight excluding hydrogens is 208 g/mol. The van der Waals surface area contributed by atoms with Crippen molar-refractivity contribution in [2.45, 2.75) is 38.0 Å². The van der Waals surface area contributed by atoms with Crippen LogP contribution in [-0.4, -0.2) is 52.4 Å². The van der Waals surface area contributed by atoms with Crippen molar-refractivity contribution >= 4 is 6.03 Å². The maximum absolute atomic E-state index is 12.0. The number of hydrogen-bond acceptors (Lipinski definition) is 3. The molecule has 2 saturated heterocycles. The summed E-state index contributed by atoms with van der Waals surface area (Å²) in [4.78, 5) is 19.1. The van der Waals surface area contributed by atoms with Crippen LogP contribution in [0.15, 0.2) is 12.7 Å². The van der Waals surface area contributed by atoms with Crippen molar-refractivity contribution in [2.24, 2.45) is 0 Å². The van der Waals surface area contributed by atoms with Crippen molar-refractivity contribution in [2.75, 3.05) is 13.2 Å². The molecule has 3 atom stereocenters. The molecule has 2 rings (SSSR count). The topological polar surface area (TPSA) is 53.0 Å². The van der Waals surface area contributed by atoms with Crippen LogP contribution in [0.4, 0.5) is 4.79 Å². The van der Waals surface area contributed by atoms with Gasteiger partial charge < -0.3 is 10.0 Å². The Balaban J connectivity index is 2.12. The highest BCUT2D eigenvalue weighted by molar-refractivity contribution is 5.77. The molecule has 0 radical (unpaired) electrons. The Kier molecular flexibility index (Phi) is 3.16. The molecule has 2 heterocycles. The molecule has 2 fully saturated rings. The number of hydrogen-bond donors (Lipinski definition) is 1. The Morgan fingerprint density at radius 2 is 2.44 bits per heavy atom. The van der Waals surface area contributed by atoms with Crippen molar-refractivity contribution in [1.29, 1.82) is 0 Å². The summed E-state index contributed by atoms with van der Waals surface area (Å²) in [6.45, 7) is 6.43. The molecule has 2 aliphatic heterocycles. The fraction of sp³-hybridized carbons (Fsp3) is 0.727. The van der Waals surface area contributed by atoms with Crippen LogP contribution in [0.3, 0.4) is 0 Å². The van der Waals surface area contributed by atoms with Crippen molar-refractivity contribution in [3.05, 3.63) is 12.7 Å². The fourth-order valence-electron chi connectivity index (χ4n) is 2.44. The third-order valence-electron chi connectivity index (χ3n) is 3.32. The van der Waals surface area contributed by atoms with Crippen molar-refractivity contribution in [3.63, 3.8) is 0 Å². The zero-order valence-corrected chi connectivity index (χ0v) is 9.50. The van der Waals surface area contributed by atoms with Crippen LogP contribution in [0.2, 0.25) is 0 Å². The first-order valence-electron chi connectivity index (χ1n) is 5.70. The molecule has 16 heavy (non-hydrogen) atoms. The Hall–Kier alpha value is -1.07. The molecule has 0 aromatic carbocycles. The number of carbonyl (C=O) groups is 1. The first-order valence-corrected chi connectivity index (χ1v) is 5.70. The summed E-state index contributed by atoms with van der Waals surface area (Å²) in [6, 6.07) is -0.221. The molecule has 0 unspecified atom stereocenters. The quantitative estimate of drug-likeness (QED) is 0.720. The number of piperidine rings is 1. The van der Waals surface area contributed by atoms with E-state index in [2.05, 4.69) is 6.58 Å². The molecule has 0 saturated carbocycles. The highest BCUT2D eigenvalue weighted by Gasteiger charge is 2.49. The number of aliphatic hydroxyl groups excluding tert-OH is 1. The molecule has 5 nitrogen and oxygen atoms in total. The number of nitrogens with zero attached hydrogens (tertiary/aromatic N) is 2. The van der Waals surface area contributed by atoms with Crippen LogP contribution in [0.5, 0.6) is 0 Å². The Morgan fingerprint density at radius 3 is 3.06 bits per heavy atom. The second-order valence-corrected chi connectivity index (χ2v) is 4.28. The standard InChI is InChI=1S/C11H18N2O3/c1-3-5-16-13-9-7-12(11(13)15)8(4-2)6-10(9)14/h3,8-10,14H,1,4-7H2,2H3/t8-,9+,10+/m1/s1. The Morgan fingerprint density at radius 1 is 1.69 bits per heavy atom. The SMILES string of the molecule is C=CCON1C(=O)N2C[C@H]1[C@@H](O)C[C@H]2CC. The average Bonchev–Trinajstić information content (AvgIpc) is 2.57. The van der Waals surface area contributed by atoms with Crippen LogP contribution < -0.4 is 0 Å². The third kappa shape index (κ3) is 1.70. The van der Waals surface area contributed by atoms with Gasteiger partial charge in [-0.05, 0) is 12.8 Å². The molecule has 0 spiro atoms. The van der Waals surface area contributed by atoms with Crippen molar-refractivity contribution in [3.8, 4) is 0 Å². The molecule has 2 bridgehead atoms. The normalized spacial score (nSPS) is 33.4. The second kappa shape index (κ2) is 4.43. The van der Waals surface area contributed by atoms with Crippen LogP contribution in [0, 0.1) is 0 Å². The maximum atomic E-state index is 12.0. The van der Waals surface area contributed by atoms with Crippen LogP contribution in [0.25, 0.3) is 0 Å². The van der Waals surface area contributed by atoms with Crippen molar-refractivity contribution in [1.82, 2.24) is 9.96 Å². The lowest BCUT2D eigenvalue weighted by Crippen LogP contribution is -2.47. The first kappa shape index (κ1) is 11.4. The van der Waals surface area contributed by atoms with Gasteiger partial charge in [-0.3, -0.25) is 4.84 Å². The minimum atomic E-state index is -0.488. The van der Waals surface area contributed by atoms with Crippen LogP contribution in [0.1, 0.15) is 19.8 Å². The molecule has 2 amide bonds. The summed E-state index contributed by atoms with van der Waals surface area (Å²) in [7, 11) is 0. The molecule has 5 heteroatoms. The van der Waals surface area contributed by atoms with Gasteiger partial charge in [-0.1, -0.05) is 13.0 Å². The van der Waals surface area contributed by atoms with Gasteiger partial charge in [0.15, 0.2) is 0 Å². The fourth-order valence-corrected chi connectivity index (χ4v) is 2.44. The number of amides is 2. The van der Waals surface area contributed by atoms with E-state index in [4.69, 9.17) is 4.84 Å². The van der Waals surface area contributed by atoms with E-state index >= 15 is 0 Å². The second-order valence-electron chi connectivity index (χ2n) is 4.28. The lowest BCUT2D eigenvalue weighted by Gasteiger charge is -2.32.